The summed E-state index contributed by atoms with van der Waals surface area (Å²) in [6, 6.07) is 10.5. The van der Waals surface area contributed by atoms with Crippen molar-refractivity contribution in [1.29, 1.82) is 0 Å². The fourth-order valence-electron chi connectivity index (χ4n) is 1.93. The van der Waals surface area contributed by atoms with E-state index in [0.717, 1.165) is 9.87 Å². The zero-order valence-corrected chi connectivity index (χ0v) is 13.9. The summed E-state index contributed by atoms with van der Waals surface area (Å²) in [6.45, 7) is 1.83. The standard InChI is InChI=1S/C16H18N2O4S/c1-11-4-9-14(15(19)10-11)17-16(20)12-5-7-13(8-6-12)23(21,22)18(2)3/h4-10,19H,1-3H3,(H,17,20). The van der Waals surface area contributed by atoms with Crippen molar-refractivity contribution in [3.63, 3.8) is 0 Å². The van der Waals surface area contributed by atoms with Gasteiger partial charge in [-0.1, -0.05) is 6.07 Å². The van der Waals surface area contributed by atoms with Crippen molar-refractivity contribution in [1.82, 2.24) is 4.31 Å². The van der Waals surface area contributed by atoms with Crippen LogP contribution in [0, 0.1) is 6.92 Å². The number of amides is 1. The first-order valence-corrected chi connectivity index (χ1v) is 8.29. The molecular formula is C16H18N2O4S. The molecule has 2 rings (SSSR count). The molecule has 0 aromatic heterocycles. The van der Waals surface area contributed by atoms with Crippen molar-refractivity contribution in [2.24, 2.45) is 0 Å². The van der Waals surface area contributed by atoms with Gasteiger partial charge in [-0.15, -0.1) is 0 Å². The Bertz CT molecular complexity index is 828. The Morgan fingerprint density at radius 3 is 2.22 bits per heavy atom. The monoisotopic (exact) mass is 334 g/mol. The molecule has 0 heterocycles. The van der Waals surface area contributed by atoms with Crippen molar-refractivity contribution in [3.05, 3.63) is 53.6 Å². The molecule has 0 unspecified atom stereocenters. The number of phenolic OH excluding ortho intramolecular Hbond substituents is 1. The lowest BCUT2D eigenvalue weighted by Gasteiger charge is -2.12. The highest BCUT2D eigenvalue weighted by atomic mass is 32.2. The number of nitrogens with zero attached hydrogens (tertiary/aromatic N) is 1. The number of nitrogens with one attached hydrogen (secondary N) is 1. The number of benzene rings is 2. The van der Waals surface area contributed by atoms with Crippen LogP contribution in [-0.4, -0.2) is 37.8 Å². The van der Waals surface area contributed by atoms with Gasteiger partial charge in [0, 0.05) is 19.7 Å². The fourth-order valence-corrected chi connectivity index (χ4v) is 2.83. The maximum absolute atomic E-state index is 12.2. The van der Waals surface area contributed by atoms with Crippen molar-refractivity contribution < 1.29 is 18.3 Å². The van der Waals surface area contributed by atoms with Gasteiger partial charge in [0.2, 0.25) is 10.0 Å². The number of hydrogen-bond acceptors (Lipinski definition) is 4. The molecular weight excluding hydrogens is 316 g/mol. The topological polar surface area (TPSA) is 86.7 Å². The van der Waals surface area contributed by atoms with E-state index in [2.05, 4.69) is 5.32 Å². The number of sulfonamides is 1. The van der Waals surface area contributed by atoms with Crippen LogP contribution >= 0.6 is 0 Å². The van der Waals surface area contributed by atoms with Crippen LogP contribution in [0.1, 0.15) is 15.9 Å². The number of hydrogen-bond donors (Lipinski definition) is 2. The summed E-state index contributed by atoms with van der Waals surface area (Å²) in [6.07, 6.45) is 0. The molecule has 1 amide bonds. The predicted octanol–water partition coefficient (Wildman–Crippen LogP) is 2.20. The molecule has 0 fully saturated rings. The molecule has 0 spiro atoms. The van der Waals surface area contributed by atoms with Crippen molar-refractivity contribution in [3.8, 4) is 5.75 Å². The van der Waals surface area contributed by atoms with Gasteiger partial charge in [-0.2, -0.15) is 0 Å². The predicted molar refractivity (Wildman–Crippen MR) is 88.1 cm³/mol. The maximum Gasteiger partial charge on any atom is 0.255 e. The Morgan fingerprint density at radius 2 is 1.70 bits per heavy atom. The third kappa shape index (κ3) is 3.69. The third-order valence-electron chi connectivity index (χ3n) is 3.30. The first-order valence-electron chi connectivity index (χ1n) is 6.85. The highest BCUT2D eigenvalue weighted by Crippen LogP contribution is 2.24. The van der Waals surface area contributed by atoms with Crippen molar-refractivity contribution in [2.75, 3.05) is 19.4 Å². The normalized spacial score (nSPS) is 11.5. The molecule has 0 saturated carbocycles. The first kappa shape index (κ1) is 17.0. The third-order valence-corrected chi connectivity index (χ3v) is 5.13. The quantitative estimate of drug-likeness (QED) is 0.839. The molecule has 2 aromatic carbocycles. The molecule has 0 aliphatic heterocycles. The van der Waals surface area contributed by atoms with Crippen molar-refractivity contribution in [2.45, 2.75) is 11.8 Å². The summed E-state index contributed by atoms with van der Waals surface area (Å²) in [7, 11) is -0.647. The number of anilines is 1. The zero-order valence-electron chi connectivity index (χ0n) is 13.1. The molecule has 122 valence electrons. The average molecular weight is 334 g/mol. The first-order chi connectivity index (χ1) is 10.7. The van der Waals surface area contributed by atoms with E-state index in [1.807, 2.05) is 6.92 Å². The molecule has 2 aromatic rings. The highest BCUT2D eigenvalue weighted by molar-refractivity contribution is 7.89. The summed E-state index contributed by atoms with van der Waals surface area (Å²) < 4.78 is 25.0. The lowest BCUT2D eigenvalue weighted by atomic mass is 10.2. The number of carbonyl (C=O) groups is 1. The van der Waals surface area contributed by atoms with E-state index < -0.39 is 15.9 Å². The van der Waals surface area contributed by atoms with Crippen LogP contribution in [0.4, 0.5) is 5.69 Å². The van der Waals surface area contributed by atoms with Crippen LogP contribution in [0.15, 0.2) is 47.4 Å². The smallest absolute Gasteiger partial charge is 0.255 e. The molecule has 23 heavy (non-hydrogen) atoms. The van der Waals surface area contributed by atoms with Gasteiger partial charge in [-0.3, -0.25) is 4.79 Å². The second-order valence-electron chi connectivity index (χ2n) is 5.29. The Labute approximate surface area is 135 Å². The summed E-state index contributed by atoms with van der Waals surface area (Å²) in [5, 5.41) is 12.4. The molecule has 0 saturated heterocycles. The van der Waals surface area contributed by atoms with Gasteiger partial charge in [0.1, 0.15) is 5.75 Å². The van der Waals surface area contributed by atoms with E-state index in [9.17, 15) is 18.3 Å². The summed E-state index contributed by atoms with van der Waals surface area (Å²) in [5.74, 6) is -0.455. The molecule has 7 heteroatoms. The van der Waals surface area contributed by atoms with E-state index >= 15 is 0 Å². The van der Waals surface area contributed by atoms with Gasteiger partial charge in [0.05, 0.1) is 10.6 Å². The van der Waals surface area contributed by atoms with E-state index in [1.165, 1.54) is 38.4 Å². The largest absolute Gasteiger partial charge is 0.506 e. The molecule has 0 atom stereocenters. The van der Waals surface area contributed by atoms with Crippen LogP contribution < -0.4 is 5.32 Å². The van der Waals surface area contributed by atoms with Gasteiger partial charge in [-0.05, 0) is 48.9 Å². The Balaban J connectivity index is 2.21. The molecule has 6 nitrogen and oxygen atoms in total. The number of carbonyl (C=O) groups excluding carboxylic acids is 1. The van der Waals surface area contributed by atoms with E-state index in [1.54, 1.807) is 18.2 Å². The molecule has 0 aliphatic carbocycles. The van der Waals surface area contributed by atoms with Crippen LogP contribution in [-0.2, 0) is 10.0 Å². The minimum absolute atomic E-state index is 0.0230. The van der Waals surface area contributed by atoms with Crippen LogP contribution in [0.25, 0.3) is 0 Å². The van der Waals surface area contributed by atoms with Gasteiger partial charge < -0.3 is 10.4 Å². The summed E-state index contributed by atoms with van der Waals surface area (Å²) in [5.41, 5.74) is 1.46. The van der Waals surface area contributed by atoms with Gasteiger partial charge in [0.15, 0.2) is 0 Å². The number of aromatic hydroxyl groups is 1. The van der Waals surface area contributed by atoms with Crippen LogP contribution in [0.3, 0.4) is 0 Å². The Kier molecular flexibility index (Phi) is 4.72. The SMILES string of the molecule is Cc1ccc(NC(=O)c2ccc(S(=O)(=O)N(C)C)cc2)c(O)c1. The Morgan fingerprint density at radius 1 is 1.09 bits per heavy atom. The number of aryl methyl sites for hydroxylation is 1. The lowest BCUT2D eigenvalue weighted by molar-refractivity contribution is 0.102. The minimum Gasteiger partial charge on any atom is -0.506 e. The minimum atomic E-state index is -3.53. The van der Waals surface area contributed by atoms with E-state index in [-0.39, 0.29) is 10.6 Å². The second-order valence-corrected chi connectivity index (χ2v) is 7.44. The van der Waals surface area contributed by atoms with Crippen LogP contribution in [0.2, 0.25) is 0 Å². The maximum atomic E-state index is 12.2. The van der Waals surface area contributed by atoms with Crippen molar-refractivity contribution >= 4 is 21.6 Å². The van der Waals surface area contributed by atoms with Gasteiger partial charge in [-0.25, -0.2) is 12.7 Å². The molecule has 2 N–H and O–H groups in total. The highest BCUT2D eigenvalue weighted by Gasteiger charge is 2.17. The van der Waals surface area contributed by atoms with Gasteiger partial charge in [0.25, 0.3) is 5.91 Å². The average Bonchev–Trinajstić information content (AvgIpc) is 2.50. The second kappa shape index (κ2) is 6.39. The molecule has 0 bridgehead atoms. The van der Waals surface area contributed by atoms with E-state index in [4.69, 9.17) is 0 Å². The number of phenols is 1. The summed E-state index contributed by atoms with van der Waals surface area (Å²) >= 11 is 0. The Hall–Kier alpha value is -2.38. The van der Waals surface area contributed by atoms with E-state index in [0.29, 0.717) is 11.3 Å². The molecule has 0 aliphatic rings. The number of rotatable bonds is 4. The van der Waals surface area contributed by atoms with Crippen LogP contribution in [0.5, 0.6) is 5.75 Å². The van der Waals surface area contributed by atoms with Gasteiger partial charge >= 0.3 is 0 Å². The lowest BCUT2D eigenvalue weighted by Crippen LogP contribution is -2.22. The molecule has 0 radical (unpaired) electrons. The zero-order chi connectivity index (χ0) is 17.2. The summed E-state index contributed by atoms with van der Waals surface area (Å²) in [4.78, 5) is 12.3. The fraction of sp³-hybridized carbons (Fsp3) is 0.188.